The molecule has 0 saturated carbocycles. The molecule has 0 aromatic heterocycles. The fourth-order valence-corrected chi connectivity index (χ4v) is 2.16. The van der Waals surface area contributed by atoms with Gasteiger partial charge in [0.25, 0.3) is 0 Å². The summed E-state index contributed by atoms with van der Waals surface area (Å²) in [5, 5.41) is 9.16. The van der Waals surface area contributed by atoms with Crippen molar-refractivity contribution in [2.24, 2.45) is 0 Å². The van der Waals surface area contributed by atoms with Gasteiger partial charge >= 0.3 is 12.0 Å². The topological polar surface area (TPSA) is 77.9 Å². The Balaban J connectivity index is 3.26. The van der Waals surface area contributed by atoms with E-state index in [4.69, 9.17) is 5.11 Å². The van der Waals surface area contributed by atoms with Gasteiger partial charge in [-0.25, -0.2) is 4.79 Å². The van der Waals surface area contributed by atoms with E-state index >= 15 is 0 Å². The molecule has 0 heterocycles. The first-order chi connectivity index (χ1) is 10.4. The third kappa shape index (κ3) is 4.58. The highest BCUT2D eigenvalue weighted by molar-refractivity contribution is 5.95. The minimum absolute atomic E-state index is 0.197. The minimum Gasteiger partial charge on any atom is -0.481 e. The van der Waals surface area contributed by atoms with Crippen molar-refractivity contribution in [1.82, 2.24) is 9.80 Å². The molecule has 0 spiro atoms. The molecule has 6 heteroatoms. The van der Waals surface area contributed by atoms with Crippen molar-refractivity contribution < 1.29 is 19.5 Å². The van der Waals surface area contributed by atoms with Gasteiger partial charge in [0.1, 0.15) is 0 Å². The van der Waals surface area contributed by atoms with E-state index in [2.05, 4.69) is 0 Å². The summed E-state index contributed by atoms with van der Waals surface area (Å²) in [5.74, 6) is -1.42. The molecule has 22 heavy (non-hydrogen) atoms. The molecule has 1 atom stereocenters. The summed E-state index contributed by atoms with van der Waals surface area (Å²) >= 11 is 0. The van der Waals surface area contributed by atoms with E-state index in [1.165, 1.54) is 19.0 Å². The number of rotatable bonds is 6. The smallest absolute Gasteiger partial charge is 0.326 e. The molecule has 1 aromatic carbocycles. The molecule has 0 bridgehead atoms. The first-order valence-electron chi connectivity index (χ1n) is 7.18. The molecular formula is C16H22N2O4. The summed E-state index contributed by atoms with van der Waals surface area (Å²) in [6.07, 6.45) is 0.464. The van der Waals surface area contributed by atoms with E-state index in [0.717, 1.165) is 4.90 Å². The number of benzene rings is 1. The third-order valence-electron chi connectivity index (χ3n) is 3.19. The van der Waals surface area contributed by atoms with Crippen molar-refractivity contribution in [3.8, 4) is 0 Å². The zero-order chi connectivity index (χ0) is 16.7. The molecule has 0 aliphatic rings. The van der Waals surface area contributed by atoms with E-state index in [0.29, 0.717) is 12.0 Å². The Morgan fingerprint density at radius 3 is 2.18 bits per heavy atom. The van der Waals surface area contributed by atoms with Crippen molar-refractivity contribution in [3.63, 3.8) is 0 Å². The molecule has 0 radical (unpaired) electrons. The maximum absolute atomic E-state index is 12.4. The van der Waals surface area contributed by atoms with Gasteiger partial charge in [0.05, 0.1) is 12.5 Å². The summed E-state index contributed by atoms with van der Waals surface area (Å²) < 4.78 is 0. The highest BCUT2D eigenvalue weighted by Gasteiger charge is 2.32. The van der Waals surface area contributed by atoms with E-state index in [-0.39, 0.29) is 18.7 Å². The number of hydrogen-bond acceptors (Lipinski definition) is 3. The maximum atomic E-state index is 12.4. The van der Waals surface area contributed by atoms with Gasteiger partial charge in [0.2, 0.25) is 5.91 Å². The van der Waals surface area contributed by atoms with Crippen LogP contribution in [0.3, 0.4) is 0 Å². The summed E-state index contributed by atoms with van der Waals surface area (Å²) in [6, 6.07) is 7.44. The van der Waals surface area contributed by atoms with Crippen LogP contribution in [0.15, 0.2) is 30.3 Å². The minimum atomic E-state index is -1.06. The number of carboxylic acid groups (broad SMARTS) is 1. The van der Waals surface area contributed by atoms with Crippen molar-refractivity contribution in [3.05, 3.63) is 35.9 Å². The number of amides is 3. The van der Waals surface area contributed by atoms with Crippen LogP contribution in [0.4, 0.5) is 4.79 Å². The molecule has 1 aromatic rings. The van der Waals surface area contributed by atoms with Gasteiger partial charge in [0, 0.05) is 20.5 Å². The molecule has 0 aliphatic heterocycles. The SMILES string of the molecule is CCCC(=O)N(C(=O)N(C)C)C(CC(=O)O)c1ccccc1. The van der Waals surface area contributed by atoms with Crippen LogP contribution in [0.25, 0.3) is 0 Å². The fourth-order valence-electron chi connectivity index (χ4n) is 2.16. The van der Waals surface area contributed by atoms with Crippen LogP contribution in [0.5, 0.6) is 0 Å². The zero-order valence-corrected chi connectivity index (χ0v) is 13.2. The van der Waals surface area contributed by atoms with Crippen LogP contribution < -0.4 is 0 Å². The number of carboxylic acids is 1. The first kappa shape index (κ1) is 17.7. The maximum Gasteiger partial charge on any atom is 0.326 e. The normalized spacial score (nSPS) is 11.6. The second-order valence-corrected chi connectivity index (χ2v) is 5.22. The van der Waals surface area contributed by atoms with Crippen LogP contribution >= 0.6 is 0 Å². The van der Waals surface area contributed by atoms with Crippen LogP contribution in [0.1, 0.15) is 37.8 Å². The highest BCUT2D eigenvalue weighted by atomic mass is 16.4. The Morgan fingerprint density at radius 2 is 1.73 bits per heavy atom. The molecule has 3 amide bonds. The van der Waals surface area contributed by atoms with E-state index < -0.39 is 18.0 Å². The van der Waals surface area contributed by atoms with Crippen LogP contribution in [-0.4, -0.2) is 46.9 Å². The lowest BCUT2D eigenvalue weighted by molar-refractivity contribution is -0.139. The van der Waals surface area contributed by atoms with Gasteiger partial charge in [-0.2, -0.15) is 0 Å². The second kappa shape index (κ2) is 8.17. The predicted octanol–water partition coefficient (Wildman–Crippen LogP) is 2.51. The average Bonchev–Trinajstić information content (AvgIpc) is 2.47. The van der Waals surface area contributed by atoms with E-state index in [9.17, 15) is 14.4 Å². The second-order valence-electron chi connectivity index (χ2n) is 5.22. The summed E-state index contributed by atoms with van der Waals surface area (Å²) in [5.41, 5.74) is 0.629. The monoisotopic (exact) mass is 306 g/mol. The first-order valence-corrected chi connectivity index (χ1v) is 7.18. The lowest BCUT2D eigenvalue weighted by Gasteiger charge is -2.31. The van der Waals surface area contributed by atoms with E-state index in [1.807, 2.05) is 6.92 Å². The van der Waals surface area contributed by atoms with E-state index in [1.54, 1.807) is 30.3 Å². The molecule has 1 rings (SSSR count). The van der Waals surface area contributed by atoms with Gasteiger partial charge in [0.15, 0.2) is 0 Å². The number of carbonyl (C=O) groups excluding carboxylic acids is 2. The Morgan fingerprint density at radius 1 is 1.14 bits per heavy atom. The van der Waals surface area contributed by atoms with Crippen LogP contribution in [-0.2, 0) is 9.59 Å². The molecule has 1 N–H and O–H groups in total. The number of nitrogens with zero attached hydrogens (tertiary/aromatic N) is 2. The third-order valence-corrected chi connectivity index (χ3v) is 3.19. The molecule has 1 unspecified atom stereocenters. The van der Waals surface area contributed by atoms with Crippen molar-refractivity contribution in [2.75, 3.05) is 14.1 Å². The highest BCUT2D eigenvalue weighted by Crippen LogP contribution is 2.26. The standard InChI is InChI=1S/C16H22N2O4/c1-4-8-14(19)18(16(22)17(2)3)13(11-15(20)21)12-9-6-5-7-10-12/h5-7,9-10,13H,4,8,11H2,1-3H3,(H,20,21). The molecule has 0 fully saturated rings. The number of aliphatic carboxylic acids is 1. The number of hydrogen-bond donors (Lipinski definition) is 1. The molecular weight excluding hydrogens is 284 g/mol. The quantitative estimate of drug-likeness (QED) is 0.876. The predicted molar refractivity (Wildman–Crippen MR) is 82.3 cm³/mol. The summed E-state index contributed by atoms with van der Waals surface area (Å²) in [6.45, 7) is 1.84. The number of imide groups is 1. The van der Waals surface area contributed by atoms with Gasteiger partial charge < -0.3 is 10.0 Å². The lowest BCUT2D eigenvalue weighted by Crippen LogP contribution is -2.45. The zero-order valence-electron chi connectivity index (χ0n) is 13.2. The number of urea groups is 1. The molecule has 6 nitrogen and oxygen atoms in total. The van der Waals surface area contributed by atoms with Crippen LogP contribution in [0, 0.1) is 0 Å². The van der Waals surface area contributed by atoms with Gasteiger partial charge in [-0.15, -0.1) is 0 Å². The summed E-state index contributed by atoms with van der Waals surface area (Å²) in [7, 11) is 3.08. The number of carbonyl (C=O) groups is 3. The summed E-state index contributed by atoms with van der Waals surface area (Å²) in [4.78, 5) is 38.3. The van der Waals surface area contributed by atoms with Crippen molar-refractivity contribution in [1.29, 1.82) is 0 Å². The molecule has 120 valence electrons. The lowest BCUT2D eigenvalue weighted by atomic mass is 10.0. The van der Waals surface area contributed by atoms with Gasteiger partial charge in [-0.05, 0) is 12.0 Å². The Labute approximate surface area is 130 Å². The van der Waals surface area contributed by atoms with Crippen molar-refractivity contribution in [2.45, 2.75) is 32.2 Å². The Kier molecular flexibility index (Phi) is 6.56. The average molecular weight is 306 g/mol. The molecule has 0 saturated heterocycles. The largest absolute Gasteiger partial charge is 0.481 e. The van der Waals surface area contributed by atoms with Gasteiger partial charge in [-0.3, -0.25) is 14.5 Å². The fraction of sp³-hybridized carbons (Fsp3) is 0.438. The molecule has 0 aliphatic carbocycles. The van der Waals surface area contributed by atoms with Crippen LogP contribution in [0.2, 0.25) is 0 Å². The van der Waals surface area contributed by atoms with Crippen molar-refractivity contribution >= 4 is 17.9 Å². The Bertz CT molecular complexity index is 528. The Hall–Kier alpha value is -2.37. The van der Waals surface area contributed by atoms with Gasteiger partial charge in [-0.1, -0.05) is 37.3 Å².